The van der Waals surface area contributed by atoms with E-state index in [2.05, 4.69) is 5.32 Å². The van der Waals surface area contributed by atoms with Gasteiger partial charge < -0.3 is 15.0 Å². The third-order valence-electron chi connectivity index (χ3n) is 4.60. The summed E-state index contributed by atoms with van der Waals surface area (Å²) < 4.78 is 5.44. The molecule has 2 atom stereocenters. The molecule has 0 bridgehead atoms. The van der Waals surface area contributed by atoms with Crippen molar-refractivity contribution in [1.82, 2.24) is 10.2 Å². The van der Waals surface area contributed by atoms with Gasteiger partial charge in [-0.1, -0.05) is 47.5 Å². The summed E-state index contributed by atoms with van der Waals surface area (Å²) in [5.41, 5.74) is 1.39. The van der Waals surface area contributed by atoms with E-state index < -0.39 is 18.4 Å². The van der Waals surface area contributed by atoms with E-state index in [-0.39, 0.29) is 12.3 Å². The molecule has 1 fully saturated rings. The highest BCUT2D eigenvalue weighted by atomic mass is 35.5. The lowest BCUT2D eigenvalue weighted by molar-refractivity contribution is -0.137. The molecule has 29 heavy (non-hydrogen) atoms. The Hall–Kier alpha value is -2.75. The molecule has 1 N–H and O–H groups in total. The van der Waals surface area contributed by atoms with Gasteiger partial charge in [0.1, 0.15) is 6.04 Å². The molecule has 0 saturated carbocycles. The first-order chi connectivity index (χ1) is 14.0. The van der Waals surface area contributed by atoms with Crippen LogP contribution < -0.4 is 5.32 Å². The Morgan fingerprint density at radius 2 is 1.97 bits per heavy atom. The maximum Gasteiger partial charge on any atom is 0.410 e. The Morgan fingerprint density at radius 3 is 2.66 bits per heavy atom. The minimum Gasteiger partial charge on any atom is -0.425 e. The molecule has 1 saturated heterocycles. The number of nitrogens with zero attached hydrogens (tertiary/aromatic N) is 2. The summed E-state index contributed by atoms with van der Waals surface area (Å²) in [7, 11) is 0. The average molecular weight is 432 g/mol. The van der Waals surface area contributed by atoms with Gasteiger partial charge in [0.05, 0.1) is 12.5 Å². The van der Waals surface area contributed by atoms with E-state index in [1.165, 1.54) is 0 Å². The van der Waals surface area contributed by atoms with Gasteiger partial charge in [-0.15, -0.1) is 0 Å². The lowest BCUT2D eigenvalue weighted by Gasteiger charge is -2.25. The Morgan fingerprint density at radius 1 is 1.21 bits per heavy atom. The quantitative estimate of drug-likeness (QED) is 0.756. The number of benzene rings is 2. The molecule has 1 aliphatic heterocycles. The molecule has 8 heteroatoms. The zero-order chi connectivity index (χ0) is 20.8. The second-order valence-electron chi connectivity index (χ2n) is 6.65. The Labute approximate surface area is 179 Å². The minimum absolute atomic E-state index is 0.130. The molecular weight excluding hydrogens is 413 g/mol. The van der Waals surface area contributed by atoms with Crippen LogP contribution in [0.2, 0.25) is 10.0 Å². The summed E-state index contributed by atoms with van der Waals surface area (Å²) in [4.78, 5) is 26.5. The highest BCUT2D eigenvalue weighted by Gasteiger charge is 2.32. The standard InChI is InChI=1S/C21H19Cl2N3O3/c22-16-8-6-14(7-9-16)11-19(27)26-10-2-5-20(26)29-21(28)25-18(13-24)15-3-1-4-17(23)12-15/h1,3-4,6-9,12,18,20H,2,5,10-11H2,(H,25,28)/t18?,20-/m0/s1. The summed E-state index contributed by atoms with van der Waals surface area (Å²) in [5, 5.41) is 13.0. The molecule has 0 spiro atoms. The van der Waals surface area contributed by atoms with Gasteiger partial charge in [-0.05, 0) is 41.8 Å². The number of rotatable bonds is 5. The highest BCUT2D eigenvalue weighted by molar-refractivity contribution is 6.30. The van der Waals surface area contributed by atoms with Crippen LogP contribution >= 0.6 is 23.2 Å². The first-order valence-corrected chi connectivity index (χ1v) is 9.88. The van der Waals surface area contributed by atoms with E-state index in [1.807, 2.05) is 6.07 Å². The molecule has 150 valence electrons. The van der Waals surface area contributed by atoms with Gasteiger partial charge in [0, 0.05) is 23.0 Å². The average Bonchev–Trinajstić information content (AvgIpc) is 3.16. The SMILES string of the molecule is N#CC(NC(=O)O[C@H]1CCCN1C(=O)Cc1ccc(Cl)cc1)c1cccc(Cl)c1. The largest absolute Gasteiger partial charge is 0.425 e. The van der Waals surface area contributed by atoms with Gasteiger partial charge in [-0.2, -0.15) is 5.26 Å². The Balaban J connectivity index is 1.59. The van der Waals surface area contributed by atoms with Crippen LogP contribution in [0.1, 0.15) is 30.0 Å². The first kappa shape index (κ1) is 21.0. The number of hydrogen-bond acceptors (Lipinski definition) is 4. The van der Waals surface area contributed by atoms with Crippen molar-refractivity contribution < 1.29 is 14.3 Å². The number of likely N-dealkylation sites (tertiary alicyclic amines) is 1. The van der Waals surface area contributed by atoms with Crippen molar-refractivity contribution in [3.63, 3.8) is 0 Å². The Kier molecular flexibility index (Phi) is 6.97. The second kappa shape index (κ2) is 9.64. The minimum atomic E-state index is -0.902. The Bertz CT molecular complexity index is 928. The number of amides is 2. The van der Waals surface area contributed by atoms with Gasteiger partial charge in [0.15, 0.2) is 6.23 Å². The van der Waals surface area contributed by atoms with E-state index >= 15 is 0 Å². The first-order valence-electron chi connectivity index (χ1n) is 9.12. The maximum absolute atomic E-state index is 12.6. The van der Waals surface area contributed by atoms with Gasteiger partial charge in [0.25, 0.3) is 0 Å². The normalized spacial score (nSPS) is 16.7. The number of carbonyl (C=O) groups is 2. The molecule has 0 radical (unpaired) electrons. The summed E-state index contributed by atoms with van der Waals surface area (Å²) in [6.07, 6.45) is 0.0670. The zero-order valence-electron chi connectivity index (χ0n) is 15.5. The number of halogens is 2. The molecule has 1 unspecified atom stereocenters. The zero-order valence-corrected chi connectivity index (χ0v) is 17.0. The molecular formula is C21H19Cl2N3O3. The summed E-state index contributed by atoms with van der Waals surface area (Å²) in [5.74, 6) is -0.130. The van der Waals surface area contributed by atoms with Gasteiger partial charge >= 0.3 is 6.09 Å². The van der Waals surface area contributed by atoms with Crippen LogP contribution in [0, 0.1) is 11.3 Å². The molecule has 2 amide bonds. The molecule has 1 heterocycles. The van der Waals surface area contributed by atoms with Crippen LogP contribution in [0.25, 0.3) is 0 Å². The van der Waals surface area contributed by atoms with Crippen LogP contribution in [-0.2, 0) is 16.0 Å². The van der Waals surface area contributed by atoms with Crippen LogP contribution in [0.3, 0.4) is 0 Å². The van der Waals surface area contributed by atoms with Gasteiger partial charge in [0.2, 0.25) is 5.91 Å². The fourth-order valence-corrected chi connectivity index (χ4v) is 3.50. The predicted octanol–water partition coefficient (Wildman–Crippen LogP) is 4.48. The number of alkyl carbamates (subject to hydrolysis) is 1. The van der Waals surface area contributed by atoms with Crippen LogP contribution in [0.15, 0.2) is 48.5 Å². The number of nitrogens with one attached hydrogen (secondary N) is 1. The monoisotopic (exact) mass is 431 g/mol. The molecule has 3 rings (SSSR count). The second-order valence-corrected chi connectivity index (χ2v) is 7.53. The van der Waals surface area contributed by atoms with Crippen LogP contribution in [0.4, 0.5) is 4.79 Å². The molecule has 0 aliphatic carbocycles. The maximum atomic E-state index is 12.6. The van der Waals surface area contributed by atoms with Crippen LogP contribution in [0.5, 0.6) is 0 Å². The number of nitriles is 1. The van der Waals surface area contributed by atoms with Crippen molar-refractivity contribution in [2.75, 3.05) is 6.54 Å². The fraction of sp³-hybridized carbons (Fsp3) is 0.286. The van der Waals surface area contributed by atoms with Crippen molar-refractivity contribution >= 4 is 35.2 Å². The van der Waals surface area contributed by atoms with Crippen LogP contribution in [-0.4, -0.2) is 29.7 Å². The lowest BCUT2D eigenvalue weighted by atomic mass is 10.1. The van der Waals surface area contributed by atoms with Crippen molar-refractivity contribution in [3.05, 3.63) is 69.7 Å². The van der Waals surface area contributed by atoms with Crippen molar-refractivity contribution in [3.8, 4) is 6.07 Å². The van der Waals surface area contributed by atoms with Crippen molar-refractivity contribution in [2.45, 2.75) is 31.5 Å². The molecule has 2 aromatic carbocycles. The fourth-order valence-electron chi connectivity index (χ4n) is 3.17. The van der Waals surface area contributed by atoms with Crippen molar-refractivity contribution in [1.29, 1.82) is 5.26 Å². The molecule has 6 nitrogen and oxygen atoms in total. The molecule has 0 aromatic heterocycles. The summed E-state index contributed by atoms with van der Waals surface area (Å²) >= 11 is 11.8. The highest BCUT2D eigenvalue weighted by Crippen LogP contribution is 2.22. The van der Waals surface area contributed by atoms with E-state index in [1.54, 1.807) is 53.4 Å². The number of hydrogen-bond donors (Lipinski definition) is 1. The van der Waals surface area contributed by atoms with Crippen molar-refractivity contribution in [2.24, 2.45) is 0 Å². The topological polar surface area (TPSA) is 82.4 Å². The van der Waals surface area contributed by atoms with E-state index in [0.29, 0.717) is 28.6 Å². The summed E-state index contributed by atoms with van der Waals surface area (Å²) in [6, 6.07) is 14.8. The van der Waals surface area contributed by atoms with E-state index in [0.717, 1.165) is 12.0 Å². The van der Waals surface area contributed by atoms with E-state index in [9.17, 15) is 14.9 Å². The van der Waals surface area contributed by atoms with Gasteiger partial charge in [-0.3, -0.25) is 4.79 Å². The molecule has 1 aliphatic rings. The summed E-state index contributed by atoms with van der Waals surface area (Å²) in [6.45, 7) is 0.514. The predicted molar refractivity (Wildman–Crippen MR) is 109 cm³/mol. The number of ether oxygens (including phenoxy) is 1. The third kappa shape index (κ3) is 5.63. The van der Waals surface area contributed by atoms with Gasteiger partial charge in [-0.25, -0.2) is 4.79 Å². The third-order valence-corrected chi connectivity index (χ3v) is 5.09. The molecule has 2 aromatic rings. The smallest absolute Gasteiger partial charge is 0.410 e. The lowest BCUT2D eigenvalue weighted by Crippen LogP contribution is -2.41. The van der Waals surface area contributed by atoms with E-state index in [4.69, 9.17) is 27.9 Å². The number of carbonyl (C=O) groups excluding carboxylic acids is 2.